The molecule has 1 fully saturated rings. The number of benzene rings is 2. The molecule has 194 valence electrons. The Labute approximate surface area is 222 Å². The van der Waals surface area contributed by atoms with E-state index >= 15 is 0 Å². The van der Waals surface area contributed by atoms with Gasteiger partial charge in [0.25, 0.3) is 11.1 Å². The highest BCUT2D eigenvalue weighted by molar-refractivity contribution is 8.18. The maximum absolute atomic E-state index is 12.9. The molecule has 0 atom stereocenters. The summed E-state index contributed by atoms with van der Waals surface area (Å²) in [5.41, 5.74) is 2.07. The quantitative estimate of drug-likeness (QED) is 0.427. The lowest BCUT2D eigenvalue weighted by Crippen LogP contribution is -2.36. The zero-order chi connectivity index (χ0) is 26.5. The molecule has 0 radical (unpaired) electrons. The van der Waals surface area contributed by atoms with Gasteiger partial charge in [0.15, 0.2) is 23.0 Å². The van der Waals surface area contributed by atoms with Gasteiger partial charge in [-0.05, 0) is 65.4 Å². The fourth-order valence-electron chi connectivity index (χ4n) is 3.79. The van der Waals surface area contributed by atoms with Crippen molar-refractivity contribution in [3.05, 3.63) is 77.0 Å². The number of hydrogen-bond donors (Lipinski definition) is 1. The molecule has 3 amide bonds. The lowest BCUT2D eigenvalue weighted by Gasteiger charge is -2.19. The Bertz CT molecular complexity index is 1410. The zero-order valence-electron chi connectivity index (χ0n) is 20.3. The Hall–Kier alpha value is -4.51. The van der Waals surface area contributed by atoms with Gasteiger partial charge in [-0.15, -0.1) is 0 Å². The number of nitrogens with one attached hydrogen (secondary N) is 1. The minimum absolute atomic E-state index is 0.203. The Morgan fingerprint density at radius 1 is 1.05 bits per heavy atom. The molecule has 2 aromatic carbocycles. The van der Waals surface area contributed by atoms with Crippen molar-refractivity contribution < 1.29 is 33.3 Å². The number of carbonyl (C=O) groups is 3. The van der Waals surface area contributed by atoms with Gasteiger partial charge in [-0.3, -0.25) is 24.3 Å². The molecule has 11 heteroatoms. The molecule has 0 spiro atoms. The van der Waals surface area contributed by atoms with Gasteiger partial charge in [-0.1, -0.05) is 6.07 Å². The molecular formula is C27H23N3O7S. The summed E-state index contributed by atoms with van der Waals surface area (Å²) in [6.45, 7) is 0.802. The van der Waals surface area contributed by atoms with Crippen LogP contribution in [0.25, 0.3) is 6.08 Å². The van der Waals surface area contributed by atoms with E-state index in [1.807, 2.05) is 12.1 Å². The summed E-state index contributed by atoms with van der Waals surface area (Å²) in [5, 5.41) is 2.16. The molecule has 5 rings (SSSR count). The van der Waals surface area contributed by atoms with Gasteiger partial charge in [0.05, 0.1) is 12.0 Å². The summed E-state index contributed by atoms with van der Waals surface area (Å²) >= 11 is 0.773. The van der Waals surface area contributed by atoms with Crippen molar-refractivity contribution >= 4 is 40.6 Å². The van der Waals surface area contributed by atoms with E-state index in [0.29, 0.717) is 54.1 Å². The van der Waals surface area contributed by atoms with Gasteiger partial charge in [-0.2, -0.15) is 0 Å². The fraction of sp³-hybridized carbons (Fsp3) is 0.185. The van der Waals surface area contributed by atoms with E-state index in [-0.39, 0.29) is 4.91 Å². The first kappa shape index (κ1) is 25.2. The number of hydrogen-bond acceptors (Lipinski definition) is 9. The van der Waals surface area contributed by atoms with Crippen molar-refractivity contribution in [2.24, 2.45) is 0 Å². The zero-order valence-corrected chi connectivity index (χ0v) is 21.2. The fourth-order valence-corrected chi connectivity index (χ4v) is 4.62. The third kappa shape index (κ3) is 5.73. The van der Waals surface area contributed by atoms with E-state index in [9.17, 15) is 14.4 Å². The van der Waals surface area contributed by atoms with Crippen LogP contribution in [0.4, 0.5) is 10.5 Å². The SMILES string of the molecule is COc1cc(/C=C2/SC(=O)N(CC(=O)Nc3ccc4c(c3)OCCO4)C2=O)ccc1OCc1ccncc1. The summed E-state index contributed by atoms with van der Waals surface area (Å²) in [5.74, 6) is 1.07. The molecule has 3 heterocycles. The van der Waals surface area contributed by atoms with E-state index in [4.69, 9.17) is 18.9 Å². The summed E-state index contributed by atoms with van der Waals surface area (Å²) in [7, 11) is 1.52. The highest BCUT2D eigenvalue weighted by Gasteiger charge is 2.36. The summed E-state index contributed by atoms with van der Waals surface area (Å²) in [6.07, 6.45) is 4.96. The van der Waals surface area contributed by atoms with Crippen molar-refractivity contribution in [3.63, 3.8) is 0 Å². The smallest absolute Gasteiger partial charge is 0.294 e. The van der Waals surface area contributed by atoms with Gasteiger partial charge in [-0.25, -0.2) is 0 Å². The number of anilines is 1. The summed E-state index contributed by atoms with van der Waals surface area (Å²) < 4.78 is 22.3. The normalized spacial score (nSPS) is 15.5. The van der Waals surface area contributed by atoms with Crippen molar-refractivity contribution in [3.8, 4) is 23.0 Å². The van der Waals surface area contributed by atoms with E-state index in [1.165, 1.54) is 7.11 Å². The van der Waals surface area contributed by atoms with Crippen LogP contribution in [0.3, 0.4) is 0 Å². The second kappa shape index (κ2) is 11.3. The predicted octanol–water partition coefficient (Wildman–Crippen LogP) is 4.12. The number of imide groups is 1. The highest BCUT2D eigenvalue weighted by atomic mass is 32.2. The van der Waals surface area contributed by atoms with Crippen molar-refractivity contribution in [1.82, 2.24) is 9.88 Å². The van der Waals surface area contributed by atoms with Crippen LogP contribution < -0.4 is 24.3 Å². The molecule has 10 nitrogen and oxygen atoms in total. The second-order valence-electron chi connectivity index (χ2n) is 8.23. The van der Waals surface area contributed by atoms with E-state index in [0.717, 1.165) is 22.2 Å². The monoisotopic (exact) mass is 533 g/mol. The minimum Gasteiger partial charge on any atom is -0.493 e. The molecule has 0 saturated carbocycles. The standard InChI is InChI=1S/C27H23N3O7S/c1-34-22-12-18(2-4-20(22)37-16-17-6-8-28-9-7-17)13-24-26(32)30(27(33)38-24)15-25(31)29-19-3-5-21-23(14-19)36-11-10-35-21/h2-9,12-14H,10-11,15-16H2,1H3,(H,29,31)/b24-13+. The van der Waals surface area contributed by atoms with Gasteiger partial charge in [0.2, 0.25) is 5.91 Å². The van der Waals surface area contributed by atoms with Crippen molar-refractivity contribution in [2.75, 3.05) is 32.2 Å². The number of nitrogens with zero attached hydrogens (tertiary/aromatic N) is 2. The average molecular weight is 534 g/mol. The van der Waals surface area contributed by atoms with Gasteiger partial charge >= 0.3 is 0 Å². The molecule has 1 aromatic heterocycles. The summed E-state index contributed by atoms with van der Waals surface area (Å²) in [6, 6.07) is 13.9. The van der Waals surface area contributed by atoms with E-state index in [1.54, 1.807) is 54.9 Å². The highest BCUT2D eigenvalue weighted by Crippen LogP contribution is 2.35. The molecule has 0 unspecified atom stereocenters. The first-order valence-corrected chi connectivity index (χ1v) is 12.5. The van der Waals surface area contributed by atoms with Crippen LogP contribution in [0, 0.1) is 0 Å². The number of pyridine rings is 1. The third-order valence-corrected chi connectivity index (χ3v) is 6.54. The van der Waals surface area contributed by atoms with Crippen LogP contribution in [0.15, 0.2) is 65.8 Å². The van der Waals surface area contributed by atoms with Crippen LogP contribution >= 0.6 is 11.8 Å². The maximum atomic E-state index is 12.9. The number of aromatic nitrogens is 1. The van der Waals surface area contributed by atoms with Crippen LogP contribution in [0.1, 0.15) is 11.1 Å². The molecule has 2 aliphatic rings. The lowest BCUT2D eigenvalue weighted by molar-refractivity contribution is -0.127. The van der Waals surface area contributed by atoms with Crippen LogP contribution in [0.5, 0.6) is 23.0 Å². The molecule has 2 aliphatic heterocycles. The molecule has 38 heavy (non-hydrogen) atoms. The molecule has 3 aromatic rings. The van der Waals surface area contributed by atoms with Crippen molar-refractivity contribution in [2.45, 2.75) is 6.61 Å². The van der Waals surface area contributed by atoms with Crippen LogP contribution in [-0.2, 0) is 16.2 Å². The Balaban J connectivity index is 1.23. The molecular weight excluding hydrogens is 510 g/mol. The second-order valence-corrected chi connectivity index (χ2v) is 9.22. The third-order valence-electron chi connectivity index (χ3n) is 5.63. The molecule has 0 aliphatic carbocycles. The van der Waals surface area contributed by atoms with Gasteiger partial charge in [0, 0.05) is 24.1 Å². The number of fused-ring (bicyclic) bond motifs is 1. The number of ether oxygens (including phenoxy) is 4. The largest absolute Gasteiger partial charge is 0.493 e. The topological polar surface area (TPSA) is 116 Å². The minimum atomic E-state index is -0.547. The Morgan fingerprint density at radius 2 is 1.84 bits per heavy atom. The van der Waals surface area contributed by atoms with Gasteiger partial charge < -0.3 is 24.3 Å². The van der Waals surface area contributed by atoms with Gasteiger partial charge in [0.1, 0.15) is 26.4 Å². The number of amides is 3. The molecule has 1 saturated heterocycles. The lowest BCUT2D eigenvalue weighted by atomic mass is 10.2. The number of rotatable bonds is 8. The Morgan fingerprint density at radius 3 is 2.63 bits per heavy atom. The molecule has 1 N–H and O–H groups in total. The maximum Gasteiger partial charge on any atom is 0.294 e. The first-order chi connectivity index (χ1) is 18.5. The van der Waals surface area contributed by atoms with E-state index < -0.39 is 23.6 Å². The van der Waals surface area contributed by atoms with E-state index in [2.05, 4.69) is 10.3 Å². The van der Waals surface area contributed by atoms with Crippen molar-refractivity contribution in [1.29, 1.82) is 0 Å². The number of methoxy groups -OCH3 is 1. The predicted molar refractivity (Wildman–Crippen MR) is 140 cm³/mol. The number of carbonyl (C=O) groups excluding carboxylic acids is 3. The number of thioether (sulfide) groups is 1. The first-order valence-electron chi connectivity index (χ1n) is 11.6. The molecule has 0 bridgehead atoms. The summed E-state index contributed by atoms with van der Waals surface area (Å²) in [4.78, 5) is 43.1. The van der Waals surface area contributed by atoms with Crippen LogP contribution in [0.2, 0.25) is 0 Å². The average Bonchev–Trinajstić information content (AvgIpc) is 3.19. The van der Waals surface area contributed by atoms with Crippen LogP contribution in [-0.4, -0.2) is 53.8 Å². The Kier molecular flexibility index (Phi) is 7.45.